The lowest BCUT2D eigenvalue weighted by atomic mass is 9.90. The van der Waals surface area contributed by atoms with E-state index < -0.39 is 0 Å². The number of rotatable bonds is 5. The zero-order valence-corrected chi connectivity index (χ0v) is 16.7. The predicted molar refractivity (Wildman–Crippen MR) is 111 cm³/mol. The lowest BCUT2D eigenvalue weighted by Gasteiger charge is -2.40. The monoisotopic (exact) mass is 392 g/mol. The van der Waals surface area contributed by atoms with Gasteiger partial charge in [-0.3, -0.25) is 4.79 Å². The number of hydrogen-bond acceptors (Lipinski definition) is 5. The van der Waals surface area contributed by atoms with E-state index in [4.69, 9.17) is 4.98 Å². The van der Waals surface area contributed by atoms with Crippen molar-refractivity contribution >= 4 is 11.7 Å². The number of nitrogens with one attached hydrogen (secondary N) is 1. The molecule has 152 valence electrons. The third-order valence-corrected chi connectivity index (χ3v) is 6.72. The normalized spacial score (nSPS) is 25.6. The van der Waals surface area contributed by atoms with Crippen molar-refractivity contribution in [1.82, 2.24) is 15.3 Å². The van der Waals surface area contributed by atoms with Crippen molar-refractivity contribution in [3.8, 4) is 0 Å². The molecule has 3 aliphatic rings. The highest BCUT2D eigenvalue weighted by atomic mass is 16.3. The number of benzene rings is 1. The van der Waals surface area contributed by atoms with Gasteiger partial charge < -0.3 is 15.3 Å². The fourth-order valence-corrected chi connectivity index (χ4v) is 5.33. The number of carbonyl (C=O) groups excluding carboxylic acids is 1. The second-order valence-corrected chi connectivity index (χ2v) is 8.59. The minimum absolute atomic E-state index is 0.0755. The largest absolute Gasteiger partial charge is 0.396 e. The Labute approximate surface area is 171 Å². The van der Waals surface area contributed by atoms with Gasteiger partial charge in [-0.25, -0.2) is 9.97 Å². The number of carbonyl (C=O) groups is 1. The van der Waals surface area contributed by atoms with Gasteiger partial charge in [-0.2, -0.15) is 0 Å². The number of aromatic nitrogens is 2. The van der Waals surface area contributed by atoms with Crippen LogP contribution in [0.3, 0.4) is 0 Å². The average Bonchev–Trinajstić information content (AvgIpc) is 3.02. The van der Waals surface area contributed by atoms with Crippen molar-refractivity contribution in [1.29, 1.82) is 0 Å². The fraction of sp³-hybridized carbons (Fsp3) is 0.522. The first-order valence-electron chi connectivity index (χ1n) is 10.8. The summed E-state index contributed by atoms with van der Waals surface area (Å²) in [6, 6.07) is 11.2. The standard InChI is InChI=1S/C23H28N4O2/c28-14-16-12-17-7-8-18(13-16)27(17)22-19-10-11-24-23(29)21(19)25-20(26-22)9-6-15-4-2-1-3-5-15/h1-5,16-18,28H,6-14H2,(H,24,29)/t16?,17-,18+. The van der Waals surface area contributed by atoms with Crippen LogP contribution in [0, 0.1) is 5.92 Å². The molecule has 29 heavy (non-hydrogen) atoms. The van der Waals surface area contributed by atoms with Crippen LogP contribution in [0.25, 0.3) is 0 Å². The maximum atomic E-state index is 12.6. The van der Waals surface area contributed by atoms with Gasteiger partial charge in [0.1, 0.15) is 17.3 Å². The van der Waals surface area contributed by atoms with Gasteiger partial charge in [-0.15, -0.1) is 0 Å². The maximum Gasteiger partial charge on any atom is 0.270 e. The summed E-state index contributed by atoms with van der Waals surface area (Å²) in [5, 5.41) is 12.6. The first-order chi connectivity index (χ1) is 14.2. The molecular formula is C23H28N4O2. The zero-order valence-electron chi connectivity index (χ0n) is 16.7. The van der Waals surface area contributed by atoms with E-state index in [2.05, 4.69) is 27.3 Å². The molecule has 0 spiro atoms. The van der Waals surface area contributed by atoms with Crippen LogP contribution in [0.2, 0.25) is 0 Å². The van der Waals surface area contributed by atoms with Crippen LogP contribution in [0.1, 0.15) is 53.1 Å². The van der Waals surface area contributed by atoms with Crippen molar-refractivity contribution in [3.63, 3.8) is 0 Å². The van der Waals surface area contributed by atoms with Gasteiger partial charge in [0.2, 0.25) is 0 Å². The Morgan fingerprint density at radius 2 is 1.83 bits per heavy atom. The van der Waals surface area contributed by atoms with E-state index in [1.807, 2.05) is 18.2 Å². The molecule has 0 aliphatic carbocycles. The Balaban J connectivity index is 1.49. The topological polar surface area (TPSA) is 78.4 Å². The SMILES string of the molecule is O=C1NCCc2c1nc(CCc1ccccc1)nc2N1[C@@H]2CC[C@H]1CC(CO)C2. The second kappa shape index (κ2) is 7.75. The van der Waals surface area contributed by atoms with Crippen molar-refractivity contribution in [3.05, 3.63) is 53.0 Å². The molecule has 6 heteroatoms. The highest BCUT2D eigenvalue weighted by molar-refractivity contribution is 5.96. The van der Waals surface area contributed by atoms with Crippen LogP contribution >= 0.6 is 0 Å². The van der Waals surface area contributed by atoms with Crippen LogP contribution in [0.5, 0.6) is 0 Å². The molecule has 3 atom stereocenters. The zero-order chi connectivity index (χ0) is 19.8. The van der Waals surface area contributed by atoms with Gasteiger partial charge in [-0.05, 0) is 50.0 Å². The van der Waals surface area contributed by atoms with Crippen LogP contribution < -0.4 is 10.2 Å². The molecule has 0 saturated carbocycles. The summed E-state index contributed by atoms with van der Waals surface area (Å²) >= 11 is 0. The Morgan fingerprint density at radius 3 is 2.55 bits per heavy atom. The minimum Gasteiger partial charge on any atom is -0.396 e. The first kappa shape index (κ1) is 18.6. The number of fused-ring (bicyclic) bond motifs is 3. The smallest absolute Gasteiger partial charge is 0.270 e. The Kier molecular flexibility index (Phi) is 4.96. The Morgan fingerprint density at radius 1 is 1.07 bits per heavy atom. The number of aliphatic hydroxyl groups is 1. The van der Waals surface area contributed by atoms with E-state index >= 15 is 0 Å². The highest BCUT2D eigenvalue weighted by Gasteiger charge is 2.43. The maximum absolute atomic E-state index is 12.6. The molecule has 2 fully saturated rings. The predicted octanol–water partition coefficient (Wildman–Crippen LogP) is 2.29. The van der Waals surface area contributed by atoms with E-state index in [9.17, 15) is 9.90 Å². The number of piperidine rings is 1. The summed E-state index contributed by atoms with van der Waals surface area (Å²) < 4.78 is 0. The quantitative estimate of drug-likeness (QED) is 0.816. The summed E-state index contributed by atoms with van der Waals surface area (Å²) in [4.78, 5) is 24.7. The number of anilines is 1. The lowest BCUT2D eigenvalue weighted by molar-refractivity contribution is 0.0939. The van der Waals surface area contributed by atoms with Gasteiger partial charge in [0.15, 0.2) is 0 Å². The second-order valence-electron chi connectivity index (χ2n) is 8.59. The van der Waals surface area contributed by atoms with Crippen molar-refractivity contribution in [2.24, 2.45) is 5.92 Å². The third kappa shape index (κ3) is 3.50. The molecule has 3 aliphatic heterocycles. The Hall–Kier alpha value is -2.47. The molecule has 2 bridgehead atoms. The van der Waals surface area contributed by atoms with Gasteiger partial charge in [-0.1, -0.05) is 30.3 Å². The third-order valence-electron chi connectivity index (χ3n) is 6.72. The average molecular weight is 393 g/mol. The molecule has 1 amide bonds. The summed E-state index contributed by atoms with van der Waals surface area (Å²) in [5.74, 6) is 2.05. The van der Waals surface area contributed by atoms with Crippen LogP contribution in [0.4, 0.5) is 5.82 Å². The van der Waals surface area contributed by atoms with Gasteiger partial charge in [0.25, 0.3) is 5.91 Å². The fourth-order valence-electron chi connectivity index (χ4n) is 5.33. The van der Waals surface area contributed by atoms with E-state index in [-0.39, 0.29) is 12.5 Å². The van der Waals surface area contributed by atoms with Crippen molar-refractivity contribution < 1.29 is 9.90 Å². The number of aryl methyl sites for hydroxylation is 2. The molecule has 1 aromatic carbocycles. The lowest BCUT2D eigenvalue weighted by Crippen LogP contribution is -2.46. The minimum atomic E-state index is -0.0755. The number of amides is 1. The van der Waals surface area contributed by atoms with Crippen LogP contribution in [-0.2, 0) is 19.3 Å². The van der Waals surface area contributed by atoms with Gasteiger partial charge in [0.05, 0.1) is 0 Å². The number of hydrogen-bond donors (Lipinski definition) is 2. The molecule has 2 N–H and O–H groups in total. The first-order valence-corrected chi connectivity index (χ1v) is 10.8. The van der Waals surface area contributed by atoms with Crippen LogP contribution in [-0.4, -0.2) is 46.2 Å². The van der Waals surface area contributed by atoms with Crippen molar-refractivity contribution in [2.45, 2.75) is 57.0 Å². The van der Waals surface area contributed by atoms with E-state index in [1.54, 1.807) is 0 Å². The molecule has 2 saturated heterocycles. The van der Waals surface area contributed by atoms with Gasteiger partial charge >= 0.3 is 0 Å². The Bertz CT molecular complexity index is 887. The summed E-state index contributed by atoms with van der Waals surface area (Å²) in [5.41, 5.74) is 2.83. The summed E-state index contributed by atoms with van der Waals surface area (Å²) in [6.45, 7) is 0.918. The number of nitrogens with zero attached hydrogens (tertiary/aromatic N) is 3. The molecule has 4 heterocycles. The summed E-state index contributed by atoms with van der Waals surface area (Å²) in [6.07, 6.45) is 6.68. The molecule has 1 aromatic heterocycles. The summed E-state index contributed by atoms with van der Waals surface area (Å²) in [7, 11) is 0. The molecule has 2 aromatic rings. The molecular weight excluding hydrogens is 364 g/mol. The highest BCUT2D eigenvalue weighted by Crippen LogP contribution is 2.42. The van der Waals surface area contributed by atoms with E-state index in [0.29, 0.717) is 30.2 Å². The molecule has 6 nitrogen and oxygen atoms in total. The number of aliphatic hydroxyl groups excluding tert-OH is 1. The molecule has 1 unspecified atom stereocenters. The van der Waals surface area contributed by atoms with Gasteiger partial charge in [0, 0.05) is 37.2 Å². The molecule has 5 rings (SSSR count). The van der Waals surface area contributed by atoms with E-state index in [0.717, 1.165) is 62.2 Å². The van der Waals surface area contributed by atoms with Crippen LogP contribution in [0.15, 0.2) is 30.3 Å². The van der Waals surface area contributed by atoms with Crippen molar-refractivity contribution in [2.75, 3.05) is 18.1 Å². The molecule has 0 radical (unpaired) electrons. The van der Waals surface area contributed by atoms with E-state index in [1.165, 1.54) is 5.56 Å².